The highest BCUT2D eigenvalue weighted by Gasteiger charge is 2.12. The second-order valence-electron chi connectivity index (χ2n) is 5.94. The van der Waals surface area contributed by atoms with E-state index in [-0.39, 0.29) is 16.6 Å². The Hall–Kier alpha value is -2.25. The lowest BCUT2D eigenvalue weighted by Crippen LogP contribution is -2.24. The standard InChI is InChI=1S/C19H23FN2O3S/c1-2-13-22-26(24,25)18-10-5-15(6-11-18)7-12-19(23)21-14-16-3-8-17(20)9-4-16/h3-6,8-11,22H,2,7,12-14H2,1H3,(H,21,23). The molecular weight excluding hydrogens is 355 g/mol. The van der Waals surface area contributed by atoms with E-state index < -0.39 is 10.0 Å². The van der Waals surface area contributed by atoms with E-state index in [1.54, 1.807) is 36.4 Å². The molecule has 0 aliphatic rings. The number of rotatable bonds is 9. The van der Waals surface area contributed by atoms with Crippen LogP contribution in [0.4, 0.5) is 4.39 Å². The van der Waals surface area contributed by atoms with Gasteiger partial charge < -0.3 is 5.32 Å². The van der Waals surface area contributed by atoms with Crippen molar-refractivity contribution in [3.8, 4) is 0 Å². The Morgan fingerprint density at radius 1 is 1.00 bits per heavy atom. The van der Waals surface area contributed by atoms with E-state index in [0.717, 1.165) is 17.5 Å². The molecule has 0 bridgehead atoms. The summed E-state index contributed by atoms with van der Waals surface area (Å²) in [4.78, 5) is 12.1. The SMILES string of the molecule is CCCNS(=O)(=O)c1ccc(CCC(=O)NCc2ccc(F)cc2)cc1. The molecule has 2 N–H and O–H groups in total. The molecule has 1 amide bonds. The van der Waals surface area contributed by atoms with Crippen LogP contribution in [-0.4, -0.2) is 20.9 Å². The van der Waals surface area contributed by atoms with Gasteiger partial charge in [-0.3, -0.25) is 4.79 Å². The van der Waals surface area contributed by atoms with Crippen molar-refractivity contribution in [2.75, 3.05) is 6.54 Å². The Bertz CT molecular complexity index is 819. The van der Waals surface area contributed by atoms with Gasteiger partial charge in [0, 0.05) is 19.5 Å². The summed E-state index contributed by atoms with van der Waals surface area (Å²) in [6, 6.07) is 12.5. The second kappa shape index (κ2) is 9.45. The molecule has 5 nitrogen and oxygen atoms in total. The monoisotopic (exact) mass is 378 g/mol. The molecule has 0 unspecified atom stereocenters. The first-order valence-corrected chi connectivity index (χ1v) is 9.99. The maximum absolute atomic E-state index is 12.8. The van der Waals surface area contributed by atoms with Crippen molar-refractivity contribution in [3.05, 3.63) is 65.5 Å². The number of halogens is 1. The van der Waals surface area contributed by atoms with Crippen LogP contribution in [0.2, 0.25) is 0 Å². The Morgan fingerprint density at radius 2 is 1.62 bits per heavy atom. The van der Waals surface area contributed by atoms with E-state index in [4.69, 9.17) is 0 Å². The van der Waals surface area contributed by atoms with Crippen molar-refractivity contribution in [1.29, 1.82) is 0 Å². The predicted octanol–water partition coefficient (Wildman–Crippen LogP) is 2.76. The first kappa shape index (κ1) is 20.1. The summed E-state index contributed by atoms with van der Waals surface area (Å²) in [5.74, 6) is -0.425. The highest BCUT2D eigenvalue weighted by atomic mass is 32.2. The Kier molecular flexibility index (Phi) is 7.29. The van der Waals surface area contributed by atoms with Gasteiger partial charge in [0.15, 0.2) is 0 Å². The summed E-state index contributed by atoms with van der Waals surface area (Å²) in [5.41, 5.74) is 1.71. The van der Waals surface area contributed by atoms with Crippen LogP contribution >= 0.6 is 0 Å². The number of amides is 1. The molecule has 2 rings (SSSR count). The number of carbonyl (C=O) groups excluding carboxylic acids is 1. The summed E-state index contributed by atoms with van der Waals surface area (Å²) >= 11 is 0. The van der Waals surface area contributed by atoms with Gasteiger partial charge in [-0.05, 0) is 48.2 Å². The van der Waals surface area contributed by atoms with Gasteiger partial charge in [0.1, 0.15) is 5.82 Å². The minimum atomic E-state index is -3.47. The van der Waals surface area contributed by atoms with Gasteiger partial charge in [-0.25, -0.2) is 17.5 Å². The number of benzene rings is 2. The smallest absolute Gasteiger partial charge is 0.240 e. The number of carbonyl (C=O) groups is 1. The lowest BCUT2D eigenvalue weighted by Gasteiger charge is -2.08. The van der Waals surface area contributed by atoms with E-state index in [1.807, 2.05) is 6.92 Å². The normalized spacial score (nSPS) is 11.3. The molecule has 2 aromatic rings. The van der Waals surface area contributed by atoms with Crippen LogP contribution in [0.15, 0.2) is 53.4 Å². The molecule has 2 aromatic carbocycles. The number of sulfonamides is 1. The van der Waals surface area contributed by atoms with E-state index in [2.05, 4.69) is 10.0 Å². The number of hydrogen-bond acceptors (Lipinski definition) is 3. The lowest BCUT2D eigenvalue weighted by atomic mass is 10.1. The molecular formula is C19H23FN2O3S. The van der Waals surface area contributed by atoms with E-state index >= 15 is 0 Å². The highest BCUT2D eigenvalue weighted by Crippen LogP contribution is 2.12. The summed E-state index contributed by atoms with van der Waals surface area (Å²) < 4.78 is 39.4. The third-order valence-electron chi connectivity index (χ3n) is 3.82. The summed E-state index contributed by atoms with van der Waals surface area (Å²) in [7, 11) is -3.47. The molecule has 0 heterocycles. The zero-order valence-electron chi connectivity index (χ0n) is 14.7. The van der Waals surface area contributed by atoms with Gasteiger partial charge in [0.2, 0.25) is 15.9 Å². The average Bonchev–Trinajstić information content (AvgIpc) is 2.64. The van der Waals surface area contributed by atoms with E-state index in [1.165, 1.54) is 12.1 Å². The minimum Gasteiger partial charge on any atom is -0.352 e. The fourth-order valence-corrected chi connectivity index (χ4v) is 3.44. The van der Waals surface area contributed by atoms with Crippen LogP contribution in [0.25, 0.3) is 0 Å². The maximum Gasteiger partial charge on any atom is 0.240 e. The third-order valence-corrected chi connectivity index (χ3v) is 5.30. The molecule has 7 heteroatoms. The fraction of sp³-hybridized carbons (Fsp3) is 0.316. The van der Waals surface area contributed by atoms with Crippen LogP contribution in [0, 0.1) is 5.82 Å². The van der Waals surface area contributed by atoms with Crippen molar-refractivity contribution >= 4 is 15.9 Å². The zero-order valence-corrected chi connectivity index (χ0v) is 15.5. The van der Waals surface area contributed by atoms with Gasteiger partial charge >= 0.3 is 0 Å². The maximum atomic E-state index is 12.8. The quantitative estimate of drug-likeness (QED) is 0.705. The van der Waals surface area contributed by atoms with Crippen molar-refractivity contribution < 1.29 is 17.6 Å². The molecule has 140 valence electrons. The molecule has 0 radical (unpaired) electrons. The van der Waals surface area contributed by atoms with E-state index in [0.29, 0.717) is 25.9 Å². The Morgan fingerprint density at radius 3 is 2.23 bits per heavy atom. The van der Waals surface area contributed by atoms with Crippen LogP contribution in [-0.2, 0) is 27.8 Å². The van der Waals surface area contributed by atoms with Crippen molar-refractivity contribution in [2.45, 2.75) is 37.6 Å². The lowest BCUT2D eigenvalue weighted by molar-refractivity contribution is -0.121. The summed E-state index contributed by atoms with van der Waals surface area (Å²) in [6.45, 7) is 2.64. The molecule has 0 fully saturated rings. The number of aryl methyl sites for hydroxylation is 1. The molecule has 0 aliphatic carbocycles. The van der Waals surface area contributed by atoms with Crippen LogP contribution < -0.4 is 10.0 Å². The van der Waals surface area contributed by atoms with Crippen molar-refractivity contribution in [2.24, 2.45) is 0 Å². The molecule has 0 aliphatic heterocycles. The van der Waals surface area contributed by atoms with Crippen LogP contribution in [0.3, 0.4) is 0 Å². The molecule has 0 saturated carbocycles. The molecule has 0 atom stereocenters. The zero-order chi connectivity index (χ0) is 19.0. The van der Waals surface area contributed by atoms with Gasteiger partial charge in [-0.15, -0.1) is 0 Å². The Balaban J connectivity index is 1.81. The number of nitrogens with one attached hydrogen (secondary N) is 2. The Labute approximate surface area is 153 Å². The van der Waals surface area contributed by atoms with E-state index in [9.17, 15) is 17.6 Å². The summed E-state index contributed by atoms with van der Waals surface area (Å²) in [5, 5.41) is 2.78. The van der Waals surface area contributed by atoms with Crippen LogP contribution in [0.5, 0.6) is 0 Å². The van der Waals surface area contributed by atoms with Crippen LogP contribution in [0.1, 0.15) is 30.9 Å². The molecule has 0 aromatic heterocycles. The third kappa shape index (κ3) is 6.24. The molecule has 26 heavy (non-hydrogen) atoms. The van der Waals surface area contributed by atoms with Gasteiger partial charge in [0.05, 0.1) is 4.90 Å². The van der Waals surface area contributed by atoms with Crippen molar-refractivity contribution in [3.63, 3.8) is 0 Å². The summed E-state index contributed by atoms with van der Waals surface area (Å²) in [6.07, 6.45) is 1.53. The average molecular weight is 378 g/mol. The van der Waals surface area contributed by atoms with Gasteiger partial charge in [0.25, 0.3) is 0 Å². The highest BCUT2D eigenvalue weighted by molar-refractivity contribution is 7.89. The van der Waals surface area contributed by atoms with Gasteiger partial charge in [-0.1, -0.05) is 31.2 Å². The molecule has 0 saturated heterocycles. The molecule has 0 spiro atoms. The predicted molar refractivity (Wildman–Crippen MR) is 98.5 cm³/mol. The first-order chi connectivity index (χ1) is 12.4. The topological polar surface area (TPSA) is 75.3 Å². The van der Waals surface area contributed by atoms with Gasteiger partial charge in [-0.2, -0.15) is 0 Å². The largest absolute Gasteiger partial charge is 0.352 e. The number of hydrogen-bond donors (Lipinski definition) is 2. The fourth-order valence-electron chi connectivity index (χ4n) is 2.30. The second-order valence-corrected chi connectivity index (χ2v) is 7.71. The van der Waals surface area contributed by atoms with Crippen molar-refractivity contribution in [1.82, 2.24) is 10.0 Å². The first-order valence-electron chi connectivity index (χ1n) is 8.50. The minimum absolute atomic E-state index is 0.115.